The first kappa shape index (κ1) is 28.2. The molecule has 0 radical (unpaired) electrons. The van der Waals surface area contributed by atoms with Gasteiger partial charge in [0.15, 0.2) is 0 Å². The van der Waals surface area contributed by atoms with Gasteiger partial charge in [-0.25, -0.2) is 4.79 Å². The van der Waals surface area contributed by atoms with Crippen LogP contribution in [0.3, 0.4) is 0 Å². The van der Waals surface area contributed by atoms with Crippen LogP contribution in [0.5, 0.6) is 5.75 Å². The lowest BCUT2D eigenvalue weighted by Gasteiger charge is -2.28. The van der Waals surface area contributed by atoms with Crippen LogP contribution in [-0.4, -0.2) is 29.0 Å². The summed E-state index contributed by atoms with van der Waals surface area (Å²) in [4.78, 5) is 27.4. The van der Waals surface area contributed by atoms with Crippen LogP contribution in [0.1, 0.15) is 63.1 Å². The van der Waals surface area contributed by atoms with E-state index in [9.17, 15) is 9.59 Å². The maximum atomic E-state index is 13.1. The molecular weight excluding hydrogens is 488 g/mol. The fourth-order valence-electron chi connectivity index (χ4n) is 4.78. The van der Waals surface area contributed by atoms with E-state index in [-0.39, 0.29) is 17.9 Å². The second-order valence-electron chi connectivity index (χ2n) is 11.2. The highest BCUT2D eigenvalue weighted by Gasteiger charge is 2.24. The SMILES string of the molecule is CC(C)(C)OC(=O)N(CCc1ccccc1)Cc1ccccc1OCc1cccc(NC(=O)C2CCCC2)c1. The number of nitrogens with one attached hydrogen (secondary N) is 1. The average molecular weight is 529 g/mol. The molecule has 0 spiro atoms. The zero-order valence-corrected chi connectivity index (χ0v) is 23.3. The summed E-state index contributed by atoms with van der Waals surface area (Å²) >= 11 is 0. The van der Waals surface area contributed by atoms with Crippen LogP contribution in [0.15, 0.2) is 78.9 Å². The summed E-state index contributed by atoms with van der Waals surface area (Å²) in [6, 6.07) is 25.7. The fraction of sp³-hybridized carbons (Fsp3) is 0.394. The van der Waals surface area contributed by atoms with Crippen molar-refractivity contribution in [2.24, 2.45) is 5.92 Å². The molecular formula is C33H40N2O4. The number of hydrogen-bond acceptors (Lipinski definition) is 4. The number of carbonyl (C=O) groups excluding carboxylic acids is 2. The van der Waals surface area contributed by atoms with Crippen molar-refractivity contribution in [1.82, 2.24) is 4.90 Å². The molecule has 206 valence electrons. The van der Waals surface area contributed by atoms with E-state index in [0.29, 0.717) is 25.4 Å². The van der Waals surface area contributed by atoms with Crippen molar-refractivity contribution in [1.29, 1.82) is 0 Å². The van der Waals surface area contributed by atoms with Crippen molar-refractivity contribution in [3.8, 4) is 5.75 Å². The summed E-state index contributed by atoms with van der Waals surface area (Å²) in [7, 11) is 0. The van der Waals surface area contributed by atoms with E-state index in [2.05, 4.69) is 17.4 Å². The first-order valence-electron chi connectivity index (χ1n) is 13.9. The number of ether oxygens (including phenoxy) is 2. The normalized spacial score (nSPS) is 13.6. The van der Waals surface area contributed by atoms with E-state index in [1.165, 1.54) is 0 Å². The van der Waals surface area contributed by atoms with Crippen LogP contribution in [0.25, 0.3) is 0 Å². The average Bonchev–Trinajstić information content (AvgIpc) is 3.46. The van der Waals surface area contributed by atoms with Gasteiger partial charge < -0.3 is 19.7 Å². The molecule has 6 nitrogen and oxygen atoms in total. The predicted octanol–water partition coefficient (Wildman–Crippen LogP) is 7.37. The summed E-state index contributed by atoms with van der Waals surface area (Å²) in [5.41, 5.74) is 3.23. The minimum Gasteiger partial charge on any atom is -0.489 e. The van der Waals surface area contributed by atoms with E-state index in [4.69, 9.17) is 9.47 Å². The molecule has 0 saturated heterocycles. The Bertz CT molecular complexity index is 1230. The topological polar surface area (TPSA) is 67.9 Å². The Morgan fingerprint density at radius 1 is 0.897 bits per heavy atom. The molecule has 6 heteroatoms. The van der Waals surface area contributed by atoms with Crippen LogP contribution in [-0.2, 0) is 29.1 Å². The number of para-hydroxylation sites is 1. The molecule has 3 aromatic rings. The smallest absolute Gasteiger partial charge is 0.410 e. The lowest BCUT2D eigenvalue weighted by atomic mass is 10.1. The molecule has 0 aromatic heterocycles. The summed E-state index contributed by atoms with van der Waals surface area (Å²) in [6.45, 7) is 6.87. The molecule has 3 aromatic carbocycles. The highest BCUT2D eigenvalue weighted by Crippen LogP contribution is 2.27. The number of amides is 2. The molecule has 0 unspecified atom stereocenters. The Kier molecular flexibility index (Phi) is 9.64. The van der Waals surface area contributed by atoms with Gasteiger partial charge in [0.1, 0.15) is 18.0 Å². The third-order valence-corrected chi connectivity index (χ3v) is 6.81. The maximum Gasteiger partial charge on any atom is 0.410 e. The summed E-state index contributed by atoms with van der Waals surface area (Å²) in [5.74, 6) is 0.936. The van der Waals surface area contributed by atoms with Gasteiger partial charge in [-0.1, -0.05) is 73.5 Å². The summed E-state index contributed by atoms with van der Waals surface area (Å²) in [5, 5.41) is 3.07. The summed E-state index contributed by atoms with van der Waals surface area (Å²) in [6.07, 6.45) is 4.57. The van der Waals surface area contributed by atoms with Crippen LogP contribution < -0.4 is 10.1 Å². The van der Waals surface area contributed by atoms with E-state index in [1.807, 2.05) is 87.5 Å². The lowest BCUT2D eigenvalue weighted by molar-refractivity contribution is -0.119. The molecule has 0 atom stereocenters. The van der Waals surface area contributed by atoms with Gasteiger partial charge in [0.25, 0.3) is 0 Å². The predicted molar refractivity (Wildman–Crippen MR) is 155 cm³/mol. The molecule has 1 N–H and O–H groups in total. The van der Waals surface area contributed by atoms with E-state index >= 15 is 0 Å². The molecule has 0 bridgehead atoms. The number of carbonyl (C=O) groups is 2. The Hall–Kier alpha value is -3.80. The third kappa shape index (κ3) is 8.88. The third-order valence-electron chi connectivity index (χ3n) is 6.81. The molecule has 1 aliphatic carbocycles. The molecule has 1 fully saturated rings. The molecule has 2 amide bonds. The monoisotopic (exact) mass is 528 g/mol. The van der Waals surface area contributed by atoms with Gasteiger partial charge in [-0.3, -0.25) is 4.79 Å². The van der Waals surface area contributed by atoms with Gasteiger partial charge in [0.05, 0.1) is 6.54 Å². The Labute approximate surface area is 232 Å². The Morgan fingerprint density at radius 2 is 1.59 bits per heavy atom. The van der Waals surface area contributed by atoms with Gasteiger partial charge in [0, 0.05) is 23.7 Å². The number of hydrogen-bond donors (Lipinski definition) is 1. The van der Waals surface area contributed by atoms with Crippen molar-refractivity contribution < 1.29 is 19.1 Å². The molecule has 1 saturated carbocycles. The van der Waals surface area contributed by atoms with Crippen LogP contribution >= 0.6 is 0 Å². The van der Waals surface area contributed by atoms with Crippen molar-refractivity contribution in [2.75, 3.05) is 11.9 Å². The molecule has 4 rings (SSSR count). The van der Waals surface area contributed by atoms with Crippen molar-refractivity contribution in [3.63, 3.8) is 0 Å². The van der Waals surface area contributed by atoms with Gasteiger partial charge in [-0.05, 0) is 69.4 Å². The van der Waals surface area contributed by atoms with Crippen LogP contribution in [0, 0.1) is 5.92 Å². The minimum absolute atomic E-state index is 0.105. The molecule has 1 aliphatic rings. The number of nitrogens with zero attached hydrogens (tertiary/aromatic N) is 1. The first-order valence-corrected chi connectivity index (χ1v) is 13.9. The van der Waals surface area contributed by atoms with Gasteiger partial charge >= 0.3 is 6.09 Å². The highest BCUT2D eigenvalue weighted by molar-refractivity contribution is 5.92. The van der Waals surface area contributed by atoms with Gasteiger partial charge in [-0.15, -0.1) is 0 Å². The first-order chi connectivity index (χ1) is 18.8. The van der Waals surface area contributed by atoms with Gasteiger partial charge in [-0.2, -0.15) is 0 Å². The minimum atomic E-state index is -0.587. The number of anilines is 1. The number of rotatable bonds is 10. The zero-order valence-electron chi connectivity index (χ0n) is 23.3. The highest BCUT2D eigenvalue weighted by atomic mass is 16.6. The molecule has 0 heterocycles. The van der Waals surface area contributed by atoms with E-state index in [1.54, 1.807) is 4.90 Å². The van der Waals surface area contributed by atoms with Crippen molar-refractivity contribution in [3.05, 3.63) is 95.6 Å². The summed E-state index contributed by atoms with van der Waals surface area (Å²) < 4.78 is 12.0. The number of benzene rings is 3. The quantitative estimate of drug-likeness (QED) is 0.298. The van der Waals surface area contributed by atoms with E-state index < -0.39 is 5.60 Å². The molecule has 0 aliphatic heterocycles. The molecule has 39 heavy (non-hydrogen) atoms. The van der Waals surface area contributed by atoms with Crippen LogP contribution in [0.4, 0.5) is 10.5 Å². The second kappa shape index (κ2) is 13.3. The van der Waals surface area contributed by atoms with Crippen LogP contribution in [0.2, 0.25) is 0 Å². The second-order valence-corrected chi connectivity index (χ2v) is 11.2. The van der Waals surface area contributed by atoms with Gasteiger partial charge in [0.2, 0.25) is 5.91 Å². The lowest BCUT2D eigenvalue weighted by Crippen LogP contribution is -2.37. The standard InChI is InChI=1S/C33H40N2O4/c1-33(2,3)39-32(37)35(21-20-25-12-5-4-6-13-25)23-28-17-9-10-19-30(28)38-24-26-14-11-18-29(22-26)34-31(36)27-15-7-8-16-27/h4-6,9-14,17-19,22,27H,7-8,15-16,20-21,23-24H2,1-3H3,(H,34,36). The van der Waals surface area contributed by atoms with Crippen molar-refractivity contribution >= 4 is 17.7 Å². The maximum absolute atomic E-state index is 13.1. The zero-order chi connectivity index (χ0) is 27.7. The Balaban J connectivity index is 1.42. The fourth-order valence-corrected chi connectivity index (χ4v) is 4.78. The Morgan fingerprint density at radius 3 is 2.33 bits per heavy atom. The largest absolute Gasteiger partial charge is 0.489 e. The van der Waals surface area contributed by atoms with Crippen molar-refractivity contribution in [2.45, 2.75) is 71.6 Å². The van der Waals surface area contributed by atoms with E-state index in [0.717, 1.165) is 54.5 Å².